The van der Waals surface area contributed by atoms with Crippen molar-refractivity contribution >= 4 is 0 Å². The molecule has 0 aromatic heterocycles. The summed E-state index contributed by atoms with van der Waals surface area (Å²) in [7, 11) is 4.29. The highest BCUT2D eigenvalue weighted by Gasteiger charge is 2.23. The Labute approximate surface area is 113 Å². The highest BCUT2D eigenvalue weighted by atomic mass is 16.5. The second-order valence-corrected chi connectivity index (χ2v) is 5.75. The van der Waals surface area contributed by atoms with Gasteiger partial charge in [0, 0.05) is 31.2 Å². The number of hydrogen-bond acceptors (Lipinski definition) is 4. The maximum absolute atomic E-state index is 5.53. The van der Waals surface area contributed by atoms with Crippen molar-refractivity contribution < 1.29 is 4.74 Å². The minimum Gasteiger partial charge on any atom is -0.379 e. The Bertz CT molecular complexity index is 217. The van der Waals surface area contributed by atoms with Crippen LogP contribution in [-0.4, -0.2) is 74.9 Å². The molecule has 1 saturated heterocycles. The molecule has 0 amide bonds. The zero-order valence-electron chi connectivity index (χ0n) is 12.8. The quantitative estimate of drug-likeness (QED) is 0.737. The van der Waals surface area contributed by atoms with Gasteiger partial charge in [-0.05, 0) is 40.9 Å². The van der Waals surface area contributed by atoms with Crippen molar-refractivity contribution in [2.24, 2.45) is 0 Å². The smallest absolute Gasteiger partial charge is 0.0620 e. The second kappa shape index (κ2) is 8.10. The minimum absolute atomic E-state index is 0.523. The average molecular weight is 257 g/mol. The molecule has 0 saturated carbocycles. The van der Waals surface area contributed by atoms with Crippen molar-refractivity contribution in [3.8, 4) is 0 Å². The van der Waals surface area contributed by atoms with Crippen molar-refractivity contribution in [3.05, 3.63) is 0 Å². The monoisotopic (exact) mass is 257 g/mol. The molecule has 18 heavy (non-hydrogen) atoms. The van der Waals surface area contributed by atoms with E-state index in [0.29, 0.717) is 18.1 Å². The highest BCUT2D eigenvalue weighted by molar-refractivity contribution is 4.80. The molecule has 1 N–H and O–H groups in total. The first-order chi connectivity index (χ1) is 8.54. The molecule has 3 atom stereocenters. The Hall–Kier alpha value is -0.160. The van der Waals surface area contributed by atoms with E-state index in [1.807, 2.05) is 0 Å². The Morgan fingerprint density at radius 2 is 2.00 bits per heavy atom. The summed E-state index contributed by atoms with van der Waals surface area (Å²) in [6, 6.07) is 1.73. The van der Waals surface area contributed by atoms with E-state index in [2.05, 4.69) is 50.0 Å². The molecule has 4 nitrogen and oxygen atoms in total. The van der Waals surface area contributed by atoms with Crippen molar-refractivity contribution in [2.45, 2.75) is 45.3 Å². The van der Waals surface area contributed by atoms with Crippen LogP contribution in [0.5, 0.6) is 0 Å². The molecule has 1 rings (SSSR count). The van der Waals surface area contributed by atoms with Gasteiger partial charge in [-0.1, -0.05) is 6.92 Å². The van der Waals surface area contributed by atoms with E-state index in [-0.39, 0.29) is 0 Å². The molecule has 0 aromatic rings. The summed E-state index contributed by atoms with van der Waals surface area (Å²) in [6.45, 7) is 11.9. The van der Waals surface area contributed by atoms with Gasteiger partial charge >= 0.3 is 0 Å². The molecular weight excluding hydrogens is 226 g/mol. The Morgan fingerprint density at radius 3 is 2.50 bits per heavy atom. The van der Waals surface area contributed by atoms with E-state index in [0.717, 1.165) is 32.8 Å². The SMILES string of the molecule is CCN(C(C)CC1COCCN1)C(C)CN(C)C. The Balaban J connectivity index is 2.42. The fourth-order valence-corrected chi connectivity index (χ4v) is 3.01. The van der Waals surface area contributed by atoms with Gasteiger partial charge in [0.1, 0.15) is 0 Å². The van der Waals surface area contributed by atoms with Gasteiger partial charge in [0.25, 0.3) is 0 Å². The summed E-state index contributed by atoms with van der Waals surface area (Å²) in [5, 5.41) is 3.55. The minimum atomic E-state index is 0.523. The summed E-state index contributed by atoms with van der Waals surface area (Å²) in [5.41, 5.74) is 0. The summed E-state index contributed by atoms with van der Waals surface area (Å²) >= 11 is 0. The van der Waals surface area contributed by atoms with E-state index >= 15 is 0 Å². The van der Waals surface area contributed by atoms with E-state index in [1.54, 1.807) is 0 Å². The molecular formula is C14H31N3O. The van der Waals surface area contributed by atoms with Gasteiger partial charge in [0.2, 0.25) is 0 Å². The van der Waals surface area contributed by atoms with Crippen LogP contribution < -0.4 is 5.32 Å². The average Bonchev–Trinajstić information content (AvgIpc) is 2.30. The van der Waals surface area contributed by atoms with Crippen molar-refractivity contribution in [1.82, 2.24) is 15.1 Å². The molecule has 0 aliphatic carbocycles. The molecule has 0 aromatic carbocycles. The van der Waals surface area contributed by atoms with Crippen molar-refractivity contribution in [2.75, 3.05) is 46.9 Å². The van der Waals surface area contributed by atoms with Gasteiger partial charge < -0.3 is 15.0 Å². The predicted molar refractivity (Wildman–Crippen MR) is 77.1 cm³/mol. The van der Waals surface area contributed by atoms with E-state index in [9.17, 15) is 0 Å². The molecule has 0 spiro atoms. The molecule has 1 heterocycles. The van der Waals surface area contributed by atoms with Crippen LogP contribution in [0.15, 0.2) is 0 Å². The summed E-state index contributed by atoms with van der Waals surface area (Å²) in [5.74, 6) is 0. The lowest BCUT2D eigenvalue weighted by Gasteiger charge is -2.37. The van der Waals surface area contributed by atoms with E-state index < -0.39 is 0 Å². The van der Waals surface area contributed by atoms with E-state index in [1.165, 1.54) is 6.42 Å². The highest BCUT2D eigenvalue weighted by Crippen LogP contribution is 2.13. The summed E-state index contributed by atoms with van der Waals surface area (Å²) in [4.78, 5) is 4.86. The van der Waals surface area contributed by atoms with Crippen LogP contribution in [0.25, 0.3) is 0 Å². The van der Waals surface area contributed by atoms with Crippen LogP contribution in [0, 0.1) is 0 Å². The van der Waals surface area contributed by atoms with Crippen LogP contribution in [-0.2, 0) is 4.74 Å². The number of morpholine rings is 1. The molecule has 3 unspecified atom stereocenters. The standard InChI is InChI=1S/C14H31N3O/c1-6-17(13(3)10-16(4)5)12(2)9-14-11-18-8-7-15-14/h12-15H,6-11H2,1-5H3. The predicted octanol–water partition coefficient (Wildman–Crippen LogP) is 1.03. The van der Waals surface area contributed by atoms with Crippen LogP contribution in [0.1, 0.15) is 27.2 Å². The third-order valence-electron chi connectivity index (χ3n) is 3.75. The van der Waals surface area contributed by atoms with Crippen LogP contribution in [0.3, 0.4) is 0 Å². The maximum Gasteiger partial charge on any atom is 0.0620 e. The topological polar surface area (TPSA) is 27.7 Å². The van der Waals surface area contributed by atoms with Crippen molar-refractivity contribution in [1.29, 1.82) is 0 Å². The lowest BCUT2D eigenvalue weighted by molar-refractivity contribution is 0.0548. The maximum atomic E-state index is 5.53. The third-order valence-corrected chi connectivity index (χ3v) is 3.75. The molecule has 4 heteroatoms. The third kappa shape index (κ3) is 5.22. The fraction of sp³-hybridized carbons (Fsp3) is 1.00. The molecule has 108 valence electrons. The molecule has 0 bridgehead atoms. The summed E-state index contributed by atoms with van der Waals surface area (Å²) < 4.78 is 5.53. The number of hydrogen-bond donors (Lipinski definition) is 1. The zero-order valence-corrected chi connectivity index (χ0v) is 12.8. The van der Waals surface area contributed by atoms with E-state index in [4.69, 9.17) is 4.74 Å². The number of rotatable bonds is 7. The van der Waals surface area contributed by atoms with Crippen LogP contribution in [0.4, 0.5) is 0 Å². The molecule has 1 fully saturated rings. The number of nitrogens with one attached hydrogen (secondary N) is 1. The van der Waals surface area contributed by atoms with Crippen molar-refractivity contribution in [3.63, 3.8) is 0 Å². The number of ether oxygens (including phenoxy) is 1. The van der Waals surface area contributed by atoms with Gasteiger partial charge in [-0.3, -0.25) is 4.90 Å². The first kappa shape index (κ1) is 15.9. The van der Waals surface area contributed by atoms with Gasteiger partial charge in [-0.25, -0.2) is 0 Å². The lowest BCUT2D eigenvalue weighted by atomic mass is 10.0. The van der Waals surface area contributed by atoms with Gasteiger partial charge in [-0.15, -0.1) is 0 Å². The zero-order chi connectivity index (χ0) is 13.5. The first-order valence-corrected chi connectivity index (χ1v) is 7.26. The van der Waals surface area contributed by atoms with Gasteiger partial charge in [-0.2, -0.15) is 0 Å². The lowest BCUT2D eigenvalue weighted by Crippen LogP contribution is -2.49. The first-order valence-electron chi connectivity index (χ1n) is 7.26. The molecule has 1 aliphatic rings. The second-order valence-electron chi connectivity index (χ2n) is 5.75. The largest absolute Gasteiger partial charge is 0.379 e. The van der Waals surface area contributed by atoms with Gasteiger partial charge in [0.05, 0.1) is 13.2 Å². The number of likely N-dealkylation sites (N-methyl/N-ethyl adjacent to an activating group) is 2. The fourth-order valence-electron chi connectivity index (χ4n) is 3.01. The summed E-state index contributed by atoms with van der Waals surface area (Å²) in [6.07, 6.45) is 1.17. The molecule has 1 aliphatic heterocycles. The van der Waals surface area contributed by atoms with Gasteiger partial charge in [0.15, 0.2) is 0 Å². The van der Waals surface area contributed by atoms with Crippen LogP contribution >= 0.6 is 0 Å². The molecule has 0 radical (unpaired) electrons. The number of nitrogens with zero attached hydrogens (tertiary/aromatic N) is 2. The van der Waals surface area contributed by atoms with Crippen LogP contribution in [0.2, 0.25) is 0 Å². The normalized spacial score (nSPS) is 24.5. The Morgan fingerprint density at radius 1 is 1.28 bits per heavy atom. The Kier molecular flexibility index (Phi) is 7.15.